The summed E-state index contributed by atoms with van der Waals surface area (Å²) in [6.07, 6.45) is -4.75. The van der Waals surface area contributed by atoms with Gasteiger partial charge in [0, 0.05) is 22.9 Å². The van der Waals surface area contributed by atoms with E-state index in [9.17, 15) is 36.9 Å². The predicted molar refractivity (Wildman–Crippen MR) is 141 cm³/mol. The second kappa shape index (κ2) is 10.7. The summed E-state index contributed by atoms with van der Waals surface area (Å²) < 4.78 is 95.2. The number of fused-ring (bicyclic) bond motifs is 2. The maximum Gasteiger partial charge on any atom is 0.420 e. The van der Waals surface area contributed by atoms with Crippen LogP contribution in [-0.2, 0) is 12.4 Å². The zero-order chi connectivity index (χ0) is 30.1. The lowest BCUT2D eigenvalue weighted by molar-refractivity contribution is -0.139. The molecule has 42 heavy (non-hydrogen) atoms. The van der Waals surface area contributed by atoms with Gasteiger partial charge >= 0.3 is 12.4 Å². The van der Waals surface area contributed by atoms with Crippen molar-refractivity contribution in [3.05, 3.63) is 108 Å². The van der Waals surface area contributed by atoms with E-state index in [1.54, 1.807) is 24.3 Å². The largest absolute Gasteiger partial charge is 0.454 e. The molecule has 0 unspecified atom stereocenters. The number of benzene rings is 4. The third kappa shape index (κ3) is 5.38. The summed E-state index contributed by atoms with van der Waals surface area (Å²) in [4.78, 5) is 7.17. The molecule has 0 saturated heterocycles. The van der Waals surface area contributed by atoms with E-state index in [1.165, 1.54) is 48.8 Å². The molecule has 6 nitrogen and oxygen atoms in total. The fraction of sp³-hybridized carbons (Fsp3) is 0.0667. The van der Waals surface area contributed by atoms with E-state index in [0.717, 1.165) is 24.3 Å². The van der Waals surface area contributed by atoms with E-state index < -0.39 is 46.5 Å². The Morgan fingerprint density at radius 1 is 0.548 bits per heavy atom. The highest BCUT2D eigenvalue weighted by Crippen LogP contribution is 2.43. The summed E-state index contributed by atoms with van der Waals surface area (Å²) in [5, 5.41) is 19.6. The molecule has 0 radical (unpaired) electrons. The molecular formula is C30H14F6N4O2. The summed E-state index contributed by atoms with van der Waals surface area (Å²) in [5.41, 5.74) is -3.01. The van der Waals surface area contributed by atoms with Crippen LogP contribution in [0.5, 0.6) is 11.5 Å². The molecule has 12 heteroatoms. The van der Waals surface area contributed by atoms with Crippen LogP contribution in [-0.4, -0.2) is 11.4 Å². The Bertz CT molecular complexity index is 1800. The number of alkyl halides is 6. The maximum atomic E-state index is 14.0. The van der Waals surface area contributed by atoms with Gasteiger partial charge in [-0.15, -0.1) is 0 Å². The number of halogens is 6. The van der Waals surface area contributed by atoms with E-state index in [2.05, 4.69) is 9.98 Å². The molecule has 1 aliphatic rings. The standard InChI is InChI=1S/C30H14F6N4O2/c31-29(32,33)21-11-9-17-5-1-3-7-19(17)27(21)41-25-13-24(40-16-38)26(14-23(25)39-15-37)42-28-20-8-4-2-6-18(20)10-12-22(28)30(34,35)36/h1-14H. The lowest BCUT2D eigenvalue weighted by Gasteiger charge is -2.22. The van der Waals surface area contributed by atoms with Gasteiger partial charge in [-0.2, -0.15) is 46.9 Å². The van der Waals surface area contributed by atoms with Gasteiger partial charge in [0.2, 0.25) is 12.4 Å². The molecule has 5 rings (SSSR count). The molecule has 0 heterocycles. The summed E-state index contributed by atoms with van der Waals surface area (Å²) in [5.74, 6) is -2.07. The lowest BCUT2D eigenvalue weighted by atomic mass is 10.0. The molecule has 0 aromatic heterocycles. The molecule has 1 aliphatic carbocycles. The molecule has 0 atom stereocenters. The maximum absolute atomic E-state index is 14.0. The highest BCUT2D eigenvalue weighted by Gasteiger charge is 2.38. The second-order valence-corrected chi connectivity index (χ2v) is 8.74. The predicted octanol–water partition coefficient (Wildman–Crippen LogP) is 8.11. The van der Waals surface area contributed by atoms with Gasteiger partial charge in [0.25, 0.3) is 0 Å². The van der Waals surface area contributed by atoms with Gasteiger partial charge in [-0.05, 0) is 22.9 Å². The molecule has 0 aliphatic heterocycles. The van der Waals surface area contributed by atoms with Crippen LogP contribution in [0.3, 0.4) is 0 Å². The van der Waals surface area contributed by atoms with Crippen LogP contribution in [0.4, 0.5) is 26.3 Å². The molecular weight excluding hydrogens is 562 g/mol. The average Bonchev–Trinajstić information content (AvgIpc) is 2.94. The van der Waals surface area contributed by atoms with Crippen molar-refractivity contribution < 1.29 is 35.8 Å². The number of nitrogens with zero attached hydrogens (tertiary/aromatic N) is 4. The molecule has 0 N–H and O–H groups in total. The fourth-order valence-electron chi connectivity index (χ4n) is 4.36. The summed E-state index contributed by atoms with van der Waals surface area (Å²) in [7, 11) is 0. The van der Waals surface area contributed by atoms with E-state index in [0.29, 0.717) is 10.8 Å². The number of aliphatic imine (C=N–C) groups is 2. The Morgan fingerprint density at radius 2 is 0.929 bits per heavy atom. The van der Waals surface area contributed by atoms with E-state index in [4.69, 9.17) is 9.47 Å². The van der Waals surface area contributed by atoms with Crippen LogP contribution in [0, 0.1) is 22.9 Å². The summed E-state index contributed by atoms with van der Waals surface area (Å²) in [6.45, 7) is 0. The van der Waals surface area contributed by atoms with E-state index in [-0.39, 0.29) is 22.2 Å². The van der Waals surface area contributed by atoms with Crippen molar-refractivity contribution in [3.63, 3.8) is 0 Å². The Hall–Kier alpha value is -5.62. The van der Waals surface area contributed by atoms with Crippen LogP contribution in [0.2, 0.25) is 0 Å². The normalized spacial score (nSPS) is 15.7. The molecule has 4 aromatic rings. The van der Waals surface area contributed by atoms with Crippen LogP contribution in [0.15, 0.2) is 106 Å². The number of hydrogen-bond donors (Lipinski definition) is 0. The van der Waals surface area contributed by atoms with Gasteiger partial charge in [-0.25, -0.2) is 0 Å². The van der Waals surface area contributed by atoms with Crippen molar-refractivity contribution in [2.75, 3.05) is 0 Å². The summed E-state index contributed by atoms with van der Waals surface area (Å²) in [6, 6.07) is 16.4. The van der Waals surface area contributed by atoms with E-state index in [1.807, 2.05) is 0 Å². The van der Waals surface area contributed by atoms with Crippen LogP contribution in [0.1, 0.15) is 11.1 Å². The highest BCUT2D eigenvalue weighted by atomic mass is 19.4. The van der Waals surface area contributed by atoms with Crippen molar-refractivity contribution >= 4 is 33.0 Å². The quantitative estimate of drug-likeness (QED) is 0.139. The number of rotatable bonds is 4. The smallest absolute Gasteiger partial charge is 0.420 e. The molecule has 0 fully saturated rings. The number of allylic oxidation sites excluding steroid dienone is 2. The minimum absolute atomic E-state index is 0.0832. The number of ether oxygens (including phenoxy) is 2. The van der Waals surface area contributed by atoms with Crippen molar-refractivity contribution in [1.82, 2.24) is 0 Å². The summed E-state index contributed by atoms with van der Waals surface area (Å²) >= 11 is 0. The Kier molecular flexibility index (Phi) is 7.15. The zero-order valence-electron chi connectivity index (χ0n) is 21.0. The number of nitriles is 2. The molecule has 0 amide bonds. The van der Waals surface area contributed by atoms with Crippen molar-refractivity contribution in [1.29, 1.82) is 10.5 Å². The average molecular weight is 576 g/mol. The Balaban J connectivity index is 1.65. The first kappa shape index (κ1) is 27.9. The first-order chi connectivity index (χ1) is 20.0. The first-order valence-corrected chi connectivity index (χ1v) is 11.9. The van der Waals surface area contributed by atoms with Crippen LogP contribution >= 0.6 is 0 Å². The lowest BCUT2D eigenvalue weighted by Crippen LogP contribution is -2.22. The first-order valence-electron chi connectivity index (χ1n) is 11.9. The van der Waals surface area contributed by atoms with Gasteiger partial charge < -0.3 is 9.47 Å². The van der Waals surface area contributed by atoms with Gasteiger partial charge in [0.05, 0.1) is 11.1 Å². The van der Waals surface area contributed by atoms with Gasteiger partial charge in [0.15, 0.2) is 11.5 Å². The van der Waals surface area contributed by atoms with Crippen molar-refractivity contribution in [2.24, 2.45) is 9.98 Å². The highest BCUT2D eigenvalue weighted by molar-refractivity contribution is 6.23. The molecule has 0 bridgehead atoms. The Labute approximate surface area is 233 Å². The van der Waals surface area contributed by atoms with Crippen molar-refractivity contribution in [3.8, 4) is 23.9 Å². The third-order valence-corrected chi connectivity index (χ3v) is 6.18. The van der Waals surface area contributed by atoms with Crippen LogP contribution < -0.4 is 9.47 Å². The van der Waals surface area contributed by atoms with Gasteiger partial charge in [-0.3, -0.25) is 0 Å². The number of hydrogen-bond acceptors (Lipinski definition) is 6. The van der Waals surface area contributed by atoms with Gasteiger partial charge in [-0.1, -0.05) is 60.7 Å². The zero-order valence-corrected chi connectivity index (χ0v) is 21.0. The minimum atomic E-state index is -4.84. The molecule has 0 saturated carbocycles. The third-order valence-electron chi connectivity index (χ3n) is 6.18. The SMILES string of the molecule is N#CN=C1C=C(Oc2c(C(F)(F)F)ccc3ccccc23)C(=NC#N)C=C1Oc1c(C(F)(F)F)ccc2ccccc12. The molecule has 0 spiro atoms. The fourth-order valence-corrected chi connectivity index (χ4v) is 4.36. The minimum Gasteiger partial charge on any atom is -0.454 e. The topological polar surface area (TPSA) is 90.8 Å². The van der Waals surface area contributed by atoms with Crippen LogP contribution in [0.25, 0.3) is 21.5 Å². The monoisotopic (exact) mass is 576 g/mol. The molecule has 208 valence electrons. The Morgan fingerprint density at radius 3 is 1.29 bits per heavy atom. The van der Waals surface area contributed by atoms with Crippen molar-refractivity contribution in [2.45, 2.75) is 12.4 Å². The second-order valence-electron chi connectivity index (χ2n) is 8.74. The van der Waals surface area contributed by atoms with Gasteiger partial charge in [0.1, 0.15) is 22.9 Å². The molecule has 4 aromatic carbocycles. The van der Waals surface area contributed by atoms with E-state index >= 15 is 0 Å².